The van der Waals surface area contributed by atoms with Crippen molar-refractivity contribution in [3.63, 3.8) is 0 Å². The second kappa shape index (κ2) is 10.4. The van der Waals surface area contributed by atoms with Gasteiger partial charge >= 0.3 is 6.09 Å². The van der Waals surface area contributed by atoms with Crippen LogP contribution >= 0.6 is 0 Å². The maximum absolute atomic E-state index is 13.2. The molecule has 0 bridgehead atoms. The van der Waals surface area contributed by atoms with Gasteiger partial charge in [0.15, 0.2) is 0 Å². The van der Waals surface area contributed by atoms with E-state index in [0.29, 0.717) is 48.7 Å². The lowest BCUT2D eigenvalue weighted by Gasteiger charge is -2.58. The number of hydrogen-bond acceptors (Lipinski definition) is 4. The minimum absolute atomic E-state index is 0.00963. The summed E-state index contributed by atoms with van der Waals surface area (Å²) in [6.45, 7) is 11.4. The number of aliphatic hydroxyl groups is 1. The number of carbonyl (C=O) groups is 2. The fourth-order valence-electron chi connectivity index (χ4n) is 10.2. The number of aliphatic hydroxyl groups excluding tert-OH is 1. The molecule has 6 aliphatic rings. The van der Waals surface area contributed by atoms with Crippen LogP contribution in [0.1, 0.15) is 105 Å². The highest BCUT2D eigenvalue weighted by Gasteiger charge is 2.59. The number of nitrogens with zero attached hydrogens (tertiary/aromatic N) is 2. The molecule has 5 fully saturated rings. The number of hydrogen-bond donors (Lipinski definition) is 1. The van der Waals surface area contributed by atoms with Crippen LogP contribution in [0.25, 0.3) is 0 Å². The number of fused-ring (bicyclic) bond motifs is 5. The third-order valence-corrected chi connectivity index (χ3v) is 12.7. The second-order valence-electron chi connectivity index (χ2n) is 14.9. The highest BCUT2D eigenvalue weighted by molar-refractivity contribution is 5.77. The fraction of sp³-hybridized carbons (Fsp3) is 0.879. The van der Waals surface area contributed by atoms with E-state index < -0.39 is 0 Å². The highest BCUT2D eigenvalue weighted by Crippen LogP contribution is 2.67. The van der Waals surface area contributed by atoms with E-state index in [2.05, 4.69) is 26.8 Å². The molecule has 1 aliphatic heterocycles. The molecule has 39 heavy (non-hydrogen) atoms. The van der Waals surface area contributed by atoms with Gasteiger partial charge in [0.25, 0.3) is 0 Å². The first-order chi connectivity index (χ1) is 18.6. The molecule has 0 unspecified atom stereocenters. The maximum Gasteiger partial charge on any atom is 0.410 e. The van der Waals surface area contributed by atoms with Crippen LogP contribution in [-0.2, 0) is 9.53 Å². The number of allylic oxidation sites excluding steroid dienone is 1. The molecule has 0 aromatic carbocycles. The summed E-state index contributed by atoms with van der Waals surface area (Å²) in [5.74, 6) is 3.88. The van der Waals surface area contributed by atoms with Gasteiger partial charge in [-0.1, -0.05) is 32.4 Å². The molecular weight excluding hydrogens is 488 g/mol. The van der Waals surface area contributed by atoms with E-state index in [0.717, 1.165) is 56.3 Å². The number of rotatable bonds is 5. The first-order valence-corrected chi connectivity index (χ1v) is 16.2. The third kappa shape index (κ3) is 4.95. The Morgan fingerprint density at radius 2 is 1.87 bits per heavy atom. The quantitative estimate of drug-likeness (QED) is 0.423. The van der Waals surface area contributed by atoms with Crippen LogP contribution in [0.15, 0.2) is 11.6 Å². The predicted octanol–water partition coefficient (Wildman–Crippen LogP) is 6.17. The van der Waals surface area contributed by atoms with E-state index in [1.54, 1.807) is 10.5 Å². The number of ether oxygens (including phenoxy) is 1. The molecule has 6 rings (SSSR count). The Morgan fingerprint density at radius 1 is 1.08 bits per heavy atom. The van der Waals surface area contributed by atoms with Crippen LogP contribution in [0.4, 0.5) is 4.79 Å². The van der Waals surface area contributed by atoms with E-state index >= 15 is 0 Å². The first kappa shape index (κ1) is 27.6. The Bertz CT molecular complexity index is 992. The molecular formula is C33H52N2O4. The van der Waals surface area contributed by atoms with Crippen LogP contribution in [0.3, 0.4) is 0 Å². The largest absolute Gasteiger partial charge is 0.446 e. The minimum atomic E-state index is -0.204. The highest BCUT2D eigenvalue weighted by atomic mass is 16.6. The van der Waals surface area contributed by atoms with Crippen molar-refractivity contribution in [1.82, 2.24) is 9.80 Å². The van der Waals surface area contributed by atoms with Gasteiger partial charge in [0.2, 0.25) is 5.91 Å². The number of carbonyl (C=O) groups excluding carboxylic acids is 2. The topological polar surface area (TPSA) is 70.1 Å². The molecule has 2 amide bonds. The maximum atomic E-state index is 13.2. The van der Waals surface area contributed by atoms with E-state index in [-0.39, 0.29) is 30.3 Å². The molecule has 0 aromatic rings. The van der Waals surface area contributed by atoms with Gasteiger partial charge in [0.1, 0.15) is 6.10 Å². The van der Waals surface area contributed by atoms with Crippen LogP contribution in [-0.4, -0.2) is 64.8 Å². The SMILES string of the molecule is C[C@H](CCC(=O)N1CCN(C(=O)OC2CC2)[C@@H](C)C1)[C@H]1CC[C@H]2[C@@H]3CC=C4C[C@@H](O)CC[C@]4(C)[C@H]3CC[C@]12C. The molecule has 4 saturated carbocycles. The van der Waals surface area contributed by atoms with E-state index in [4.69, 9.17) is 4.74 Å². The van der Waals surface area contributed by atoms with Crippen molar-refractivity contribution in [3.05, 3.63) is 11.6 Å². The van der Waals surface area contributed by atoms with Crippen molar-refractivity contribution in [2.45, 2.75) is 123 Å². The lowest BCUT2D eigenvalue weighted by Crippen LogP contribution is -2.55. The summed E-state index contributed by atoms with van der Waals surface area (Å²) in [6, 6.07) is 0.00963. The standard InChI is InChI=1S/C33H52N2O4/c1-21(5-12-30(37)34-17-18-35(22(2)20-34)31(38)39-25-7-8-25)27-10-11-28-26-9-6-23-19-24(36)13-15-32(23,3)29(26)14-16-33(27,28)4/h6,21-22,24-29,36H,5,7-20H2,1-4H3/t21-,22+,24+,26+,27-,28+,29+,32+,33-/m1/s1. The zero-order valence-electron chi connectivity index (χ0n) is 24.9. The van der Waals surface area contributed by atoms with Gasteiger partial charge in [-0.2, -0.15) is 0 Å². The number of piperazine rings is 1. The van der Waals surface area contributed by atoms with Gasteiger partial charge in [-0.25, -0.2) is 4.79 Å². The van der Waals surface area contributed by atoms with Crippen LogP contribution in [0.2, 0.25) is 0 Å². The fourth-order valence-corrected chi connectivity index (χ4v) is 10.2. The van der Waals surface area contributed by atoms with Gasteiger partial charge in [-0.3, -0.25) is 4.79 Å². The smallest absolute Gasteiger partial charge is 0.410 e. The lowest BCUT2D eigenvalue weighted by atomic mass is 9.47. The summed E-state index contributed by atoms with van der Waals surface area (Å²) < 4.78 is 5.49. The Balaban J connectivity index is 1.03. The summed E-state index contributed by atoms with van der Waals surface area (Å²) in [5, 5.41) is 10.3. The molecule has 218 valence electrons. The van der Waals surface area contributed by atoms with Gasteiger partial charge in [0.05, 0.1) is 6.10 Å². The Labute approximate surface area is 235 Å². The van der Waals surface area contributed by atoms with Crippen molar-refractivity contribution < 1.29 is 19.4 Å². The molecule has 9 atom stereocenters. The Kier molecular flexibility index (Phi) is 7.34. The summed E-state index contributed by atoms with van der Waals surface area (Å²) in [7, 11) is 0. The number of amides is 2. The van der Waals surface area contributed by atoms with E-state index in [9.17, 15) is 14.7 Å². The van der Waals surface area contributed by atoms with E-state index in [1.165, 1.54) is 32.1 Å². The molecule has 0 spiro atoms. The zero-order chi connectivity index (χ0) is 27.5. The van der Waals surface area contributed by atoms with Crippen molar-refractivity contribution >= 4 is 12.0 Å². The summed E-state index contributed by atoms with van der Waals surface area (Å²) in [5.41, 5.74) is 2.25. The van der Waals surface area contributed by atoms with Crippen molar-refractivity contribution in [1.29, 1.82) is 0 Å². The summed E-state index contributed by atoms with van der Waals surface area (Å²) in [6.07, 6.45) is 15.4. The van der Waals surface area contributed by atoms with Gasteiger partial charge < -0.3 is 19.6 Å². The van der Waals surface area contributed by atoms with Crippen LogP contribution in [0.5, 0.6) is 0 Å². The predicted molar refractivity (Wildman–Crippen MR) is 152 cm³/mol. The van der Waals surface area contributed by atoms with Crippen molar-refractivity contribution in [2.24, 2.45) is 40.4 Å². The summed E-state index contributed by atoms with van der Waals surface area (Å²) >= 11 is 0. The zero-order valence-corrected chi connectivity index (χ0v) is 24.9. The van der Waals surface area contributed by atoms with Crippen molar-refractivity contribution in [3.8, 4) is 0 Å². The Morgan fingerprint density at radius 3 is 2.62 bits per heavy atom. The molecule has 1 heterocycles. The van der Waals surface area contributed by atoms with Crippen molar-refractivity contribution in [2.75, 3.05) is 19.6 Å². The minimum Gasteiger partial charge on any atom is -0.446 e. The molecule has 1 N–H and O–H groups in total. The lowest BCUT2D eigenvalue weighted by molar-refractivity contribution is -0.134. The molecule has 1 saturated heterocycles. The van der Waals surface area contributed by atoms with E-state index in [1.807, 2.05) is 11.8 Å². The van der Waals surface area contributed by atoms with Gasteiger partial charge in [-0.05, 0) is 118 Å². The van der Waals surface area contributed by atoms with Crippen LogP contribution < -0.4 is 0 Å². The van der Waals surface area contributed by atoms with Crippen LogP contribution in [0, 0.1) is 40.4 Å². The normalized spacial score (nSPS) is 42.6. The third-order valence-electron chi connectivity index (χ3n) is 12.7. The second-order valence-corrected chi connectivity index (χ2v) is 14.9. The Hall–Kier alpha value is -1.56. The molecule has 0 aromatic heterocycles. The molecule has 6 heteroatoms. The average Bonchev–Trinajstić information content (AvgIpc) is 3.65. The summed E-state index contributed by atoms with van der Waals surface area (Å²) in [4.78, 5) is 29.4. The molecule has 5 aliphatic carbocycles. The van der Waals surface area contributed by atoms with Gasteiger partial charge in [-0.15, -0.1) is 0 Å². The molecule has 0 radical (unpaired) electrons. The monoisotopic (exact) mass is 540 g/mol. The first-order valence-electron chi connectivity index (χ1n) is 16.2. The van der Waals surface area contributed by atoms with Gasteiger partial charge in [0, 0.05) is 32.1 Å². The molecule has 6 nitrogen and oxygen atoms in total. The average molecular weight is 541 g/mol.